The molecule has 3 aromatic carbocycles. The van der Waals surface area contributed by atoms with E-state index in [0.29, 0.717) is 27.9 Å². The zero-order valence-electron chi connectivity index (χ0n) is 16.3. The lowest BCUT2D eigenvalue weighted by atomic mass is 10.3. The fourth-order valence-corrected chi connectivity index (χ4v) is 4.11. The highest BCUT2D eigenvalue weighted by Crippen LogP contribution is 2.27. The minimum atomic E-state index is -3.86. The molecule has 0 aromatic heterocycles. The van der Waals surface area contributed by atoms with Gasteiger partial charge in [0.15, 0.2) is 6.61 Å². The lowest BCUT2D eigenvalue weighted by Gasteiger charge is -2.11. The van der Waals surface area contributed by atoms with E-state index >= 15 is 0 Å². The first-order chi connectivity index (χ1) is 14.8. The molecule has 0 saturated heterocycles. The predicted molar refractivity (Wildman–Crippen MR) is 121 cm³/mol. The lowest BCUT2D eigenvalue weighted by molar-refractivity contribution is -0.118. The Bertz CT molecular complexity index is 1180. The van der Waals surface area contributed by atoms with E-state index in [1.54, 1.807) is 42.5 Å². The first-order valence-electron chi connectivity index (χ1n) is 8.91. The van der Waals surface area contributed by atoms with Crippen molar-refractivity contribution < 1.29 is 22.7 Å². The maximum Gasteiger partial charge on any atom is 0.262 e. The molecule has 3 aromatic rings. The van der Waals surface area contributed by atoms with Crippen molar-refractivity contribution in [1.82, 2.24) is 0 Å². The molecule has 0 aliphatic rings. The van der Waals surface area contributed by atoms with Crippen LogP contribution in [-0.4, -0.2) is 28.0 Å². The van der Waals surface area contributed by atoms with Crippen LogP contribution >= 0.6 is 23.2 Å². The van der Waals surface area contributed by atoms with Gasteiger partial charge in [-0.15, -0.1) is 0 Å². The third kappa shape index (κ3) is 6.27. The van der Waals surface area contributed by atoms with Crippen LogP contribution in [0.3, 0.4) is 0 Å². The molecule has 162 valence electrons. The molecule has 0 aliphatic carbocycles. The minimum Gasteiger partial charge on any atom is -0.497 e. The Hall–Kier alpha value is -2.94. The summed E-state index contributed by atoms with van der Waals surface area (Å²) in [5.74, 6) is 0.430. The van der Waals surface area contributed by atoms with Crippen LogP contribution in [0, 0.1) is 0 Å². The van der Waals surface area contributed by atoms with Gasteiger partial charge in [-0.05, 0) is 60.7 Å². The number of carbonyl (C=O) groups is 1. The molecular formula is C21H18Cl2N2O5S. The maximum atomic E-state index is 12.7. The number of halogens is 2. The first kappa shape index (κ1) is 22.7. The van der Waals surface area contributed by atoms with Crippen LogP contribution < -0.4 is 19.5 Å². The summed E-state index contributed by atoms with van der Waals surface area (Å²) in [5.41, 5.74) is 0.678. The van der Waals surface area contributed by atoms with Crippen LogP contribution in [0.25, 0.3) is 0 Å². The van der Waals surface area contributed by atoms with Crippen molar-refractivity contribution in [2.75, 3.05) is 23.8 Å². The molecule has 7 nitrogen and oxygen atoms in total. The summed E-state index contributed by atoms with van der Waals surface area (Å²) in [5, 5.41) is 3.32. The topological polar surface area (TPSA) is 93.7 Å². The van der Waals surface area contributed by atoms with Gasteiger partial charge in [-0.2, -0.15) is 0 Å². The van der Waals surface area contributed by atoms with E-state index in [1.165, 1.54) is 31.4 Å². The summed E-state index contributed by atoms with van der Waals surface area (Å²) in [4.78, 5) is 12.2. The number of sulfonamides is 1. The average molecular weight is 481 g/mol. The van der Waals surface area contributed by atoms with Gasteiger partial charge < -0.3 is 14.8 Å². The van der Waals surface area contributed by atoms with E-state index in [2.05, 4.69) is 10.0 Å². The number of carbonyl (C=O) groups excluding carboxylic acids is 1. The SMILES string of the molecule is COc1ccc(NS(=O)(=O)c2cccc(NC(=O)COc3ccc(Cl)cc3Cl)c2)cc1. The maximum absolute atomic E-state index is 12.7. The highest BCUT2D eigenvalue weighted by molar-refractivity contribution is 7.92. The molecule has 0 fully saturated rings. The molecule has 0 atom stereocenters. The number of ether oxygens (including phenoxy) is 2. The number of hydrogen-bond acceptors (Lipinski definition) is 5. The minimum absolute atomic E-state index is 0.0113. The van der Waals surface area contributed by atoms with Gasteiger partial charge >= 0.3 is 0 Å². The van der Waals surface area contributed by atoms with Crippen LogP contribution in [0.4, 0.5) is 11.4 Å². The number of benzene rings is 3. The molecule has 0 saturated carbocycles. The predicted octanol–water partition coefficient (Wildman–Crippen LogP) is 4.82. The Labute approximate surface area is 189 Å². The Morgan fingerprint density at radius 3 is 2.39 bits per heavy atom. The molecule has 31 heavy (non-hydrogen) atoms. The molecule has 0 heterocycles. The van der Waals surface area contributed by atoms with Gasteiger partial charge in [0.1, 0.15) is 11.5 Å². The van der Waals surface area contributed by atoms with E-state index in [4.69, 9.17) is 32.7 Å². The lowest BCUT2D eigenvalue weighted by Crippen LogP contribution is -2.20. The summed E-state index contributed by atoms with van der Waals surface area (Å²) >= 11 is 11.8. The standard InChI is InChI=1S/C21H18Cl2N2O5S/c1-29-17-8-6-15(7-9-17)25-31(27,28)18-4-2-3-16(12-18)24-21(26)13-30-20-10-5-14(22)11-19(20)23/h2-12,25H,13H2,1H3,(H,24,26). The zero-order chi connectivity index (χ0) is 22.4. The van der Waals surface area contributed by atoms with Crippen molar-refractivity contribution in [2.45, 2.75) is 4.90 Å². The second kappa shape index (κ2) is 9.91. The third-order valence-corrected chi connectivity index (χ3v) is 5.93. The van der Waals surface area contributed by atoms with E-state index in [9.17, 15) is 13.2 Å². The molecule has 2 N–H and O–H groups in total. The normalized spacial score (nSPS) is 10.9. The Morgan fingerprint density at radius 2 is 1.71 bits per heavy atom. The van der Waals surface area contributed by atoms with Crippen molar-refractivity contribution in [3.8, 4) is 11.5 Å². The van der Waals surface area contributed by atoms with E-state index in [0.717, 1.165) is 0 Å². The highest BCUT2D eigenvalue weighted by atomic mass is 35.5. The van der Waals surface area contributed by atoms with Gasteiger partial charge in [0.2, 0.25) is 0 Å². The van der Waals surface area contributed by atoms with Crippen LogP contribution in [0.1, 0.15) is 0 Å². The fourth-order valence-electron chi connectivity index (χ4n) is 2.55. The smallest absolute Gasteiger partial charge is 0.262 e. The van der Waals surface area contributed by atoms with Gasteiger partial charge in [-0.25, -0.2) is 8.42 Å². The number of hydrogen-bond donors (Lipinski definition) is 2. The summed E-state index contributed by atoms with van der Waals surface area (Å²) < 4.78 is 38.2. The summed E-state index contributed by atoms with van der Waals surface area (Å²) in [6.45, 7) is -0.317. The van der Waals surface area contributed by atoms with Crippen molar-refractivity contribution in [3.63, 3.8) is 0 Å². The first-order valence-corrected chi connectivity index (χ1v) is 11.2. The van der Waals surface area contributed by atoms with Crippen LogP contribution in [0.2, 0.25) is 10.0 Å². The van der Waals surface area contributed by atoms with Crippen molar-refractivity contribution >= 4 is 50.5 Å². The number of anilines is 2. The summed E-state index contributed by atoms with van der Waals surface area (Å²) in [6.07, 6.45) is 0. The third-order valence-electron chi connectivity index (χ3n) is 4.02. The molecule has 0 spiro atoms. The quantitative estimate of drug-likeness (QED) is 0.481. The number of rotatable bonds is 8. The monoisotopic (exact) mass is 480 g/mol. The second-order valence-electron chi connectivity index (χ2n) is 6.27. The Kier molecular flexibility index (Phi) is 7.27. The van der Waals surface area contributed by atoms with Gasteiger partial charge in [0, 0.05) is 16.4 Å². The van der Waals surface area contributed by atoms with E-state index in [1.807, 2.05) is 0 Å². The molecule has 0 radical (unpaired) electrons. The average Bonchev–Trinajstić information content (AvgIpc) is 2.73. The van der Waals surface area contributed by atoms with Crippen molar-refractivity contribution in [2.24, 2.45) is 0 Å². The van der Waals surface area contributed by atoms with Crippen LogP contribution in [-0.2, 0) is 14.8 Å². The molecule has 0 bridgehead atoms. The van der Waals surface area contributed by atoms with Gasteiger partial charge in [0.25, 0.3) is 15.9 Å². The summed E-state index contributed by atoms with van der Waals surface area (Å²) in [7, 11) is -2.34. The molecule has 0 aliphatic heterocycles. The van der Waals surface area contributed by atoms with Gasteiger partial charge in [0.05, 0.1) is 17.0 Å². The molecular weight excluding hydrogens is 463 g/mol. The highest BCUT2D eigenvalue weighted by Gasteiger charge is 2.16. The van der Waals surface area contributed by atoms with E-state index in [-0.39, 0.29) is 16.5 Å². The molecule has 0 unspecified atom stereocenters. The zero-order valence-corrected chi connectivity index (χ0v) is 18.6. The number of amides is 1. The second-order valence-corrected chi connectivity index (χ2v) is 8.80. The Balaban J connectivity index is 1.65. The van der Waals surface area contributed by atoms with Crippen LogP contribution in [0.5, 0.6) is 11.5 Å². The largest absolute Gasteiger partial charge is 0.497 e. The van der Waals surface area contributed by atoms with Crippen molar-refractivity contribution in [3.05, 3.63) is 76.8 Å². The fraction of sp³-hybridized carbons (Fsp3) is 0.0952. The molecule has 1 amide bonds. The van der Waals surface area contributed by atoms with Crippen LogP contribution in [0.15, 0.2) is 71.6 Å². The molecule has 3 rings (SSSR count). The Morgan fingerprint density at radius 1 is 0.968 bits per heavy atom. The van der Waals surface area contributed by atoms with Gasteiger partial charge in [-0.1, -0.05) is 29.3 Å². The van der Waals surface area contributed by atoms with E-state index < -0.39 is 15.9 Å². The molecule has 10 heteroatoms. The van der Waals surface area contributed by atoms with Crippen molar-refractivity contribution in [1.29, 1.82) is 0 Å². The summed E-state index contributed by atoms with van der Waals surface area (Å²) in [6, 6.07) is 17.0. The number of nitrogens with one attached hydrogen (secondary N) is 2. The number of methoxy groups -OCH3 is 1. The van der Waals surface area contributed by atoms with Gasteiger partial charge in [-0.3, -0.25) is 9.52 Å².